The Labute approximate surface area is 152 Å². The van der Waals surface area contributed by atoms with Gasteiger partial charge in [-0.2, -0.15) is 0 Å². The molecule has 2 aliphatic rings. The van der Waals surface area contributed by atoms with Gasteiger partial charge >= 0.3 is 0 Å². The Morgan fingerprint density at radius 1 is 1.46 bits per heavy atom. The highest BCUT2D eigenvalue weighted by atomic mass is 16.5. The maximum Gasteiger partial charge on any atom is 0.259 e. The van der Waals surface area contributed by atoms with E-state index in [-0.39, 0.29) is 17.4 Å². The van der Waals surface area contributed by atoms with Gasteiger partial charge in [0.05, 0.1) is 31.6 Å². The monoisotopic (exact) mass is 357 g/mol. The average molecular weight is 357 g/mol. The molecular weight excluding hydrogens is 334 g/mol. The van der Waals surface area contributed by atoms with E-state index in [1.807, 2.05) is 23.1 Å². The van der Waals surface area contributed by atoms with Crippen LogP contribution in [0.15, 0.2) is 35.1 Å². The molecular formula is C19H23N3O4. The number of nitrogens with zero attached hydrogens (tertiary/aromatic N) is 3. The van der Waals surface area contributed by atoms with Crippen molar-refractivity contribution < 1.29 is 18.8 Å². The first-order chi connectivity index (χ1) is 12.7. The highest BCUT2D eigenvalue weighted by Crippen LogP contribution is 2.41. The van der Waals surface area contributed by atoms with Crippen LogP contribution in [0.3, 0.4) is 0 Å². The van der Waals surface area contributed by atoms with Crippen LogP contribution in [0.2, 0.25) is 0 Å². The van der Waals surface area contributed by atoms with Gasteiger partial charge in [0.25, 0.3) is 5.91 Å². The number of carbonyl (C=O) groups excluding carboxylic acids is 1. The van der Waals surface area contributed by atoms with E-state index >= 15 is 0 Å². The summed E-state index contributed by atoms with van der Waals surface area (Å²) in [6.45, 7) is 4.00. The molecule has 2 fully saturated rings. The van der Waals surface area contributed by atoms with E-state index in [9.17, 15) is 4.79 Å². The second kappa shape index (κ2) is 7.07. The molecule has 2 aromatic rings. The maximum atomic E-state index is 12.8. The van der Waals surface area contributed by atoms with E-state index in [1.54, 1.807) is 13.1 Å². The Morgan fingerprint density at radius 3 is 3.15 bits per heavy atom. The minimum atomic E-state index is -0.340. The smallest absolute Gasteiger partial charge is 0.259 e. The van der Waals surface area contributed by atoms with Gasteiger partial charge < -0.3 is 18.9 Å². The van der Waals surface area contributed by atoms with Crippen molar-refractivity contribution in [2.24, 2.45) is 5.92 Å². The van der Waals surface area contributed by atoms with Crippen LogP contribution in [0.5, 0.6) is 5.88 Å². The van der Waals surface area contributed by atoms with Crippen molar-refractivity contribution in [1.82, 2.24) is 15.0 Å². The third kappa shape index (κ3) is 3.19. The summed E-state index contributed by atoms with van der Waals surface area (Å²) in [5.41, 5.74) is 0.189. The number of morpholine rings is 1. The van der Waals surface area contributed by atoms with Gasteiger partial charge in [-0.15, -0.1) is 0 Å². The van der Waals surface area contributed by atoms with Gasteiger partial charge in [0.1, 0.15) is 11.3 Å². The maximum absolute atomic E-state index is 12.8. The molecule has 26 heavy (non-hydrogen) atoms. The minimum absolute atomic E-state index is 0.0391. The molecule has 7 nitrogen and oxygen atoms in total. The van der Waals surface area contributed by atoms with Crippen molar-refractivity contribution in [3.8, 4) is 5.88 Å². The Kier molecular flexibility index (Phi) is 4.63. The van der Waals surface area contributed by atoms with Crippen molar-refractivity contribution in [1.29, 1.82) is 0 Å². The molecule has 1 aliphatic carbocycles. The predicted molar refractivity (Wildman–Crippen MR) is 92.9 cm³/mol. The number of aromatic nitrogens is 2. The lowest BCUT2D eigenvalue weighted by molar-refractivity contribution is -0.127. The SMILES string of the molecule is Cc1oncc1C(=O)N1CCO[C@]2(CCC[C@H]2COc2ccccn2)C1. The summed E-state index contributed by atoms with van der Waals surface area (Å²) in [6, 6.07) is 5.63. The van der Waals surface area contributed by atoms with Crippen molar-refractivity contribution in [2.45, 2.75) is 31.8 Å². The van der Waals surface area contributed by atoms with E-state index in [0.717, 1.165) is 19.3 Å². The summed E-state index contributed by atoms with van der Waals surface area (Å²) in [4.78, 5) is 18.9. The topological polar surface area (TPSA) is 77.7 Å². The van der Waals surface area contributed by atoms with Gasteiger partial charge in [0.15, 0.2) is 0 Å². The largest absolute Gasteiger partial charge is 0.477 e. The molecule has 0 bridgehead atoms. The highest BCUT2D eigenvalue weighted by Gasteiger charge is 2.48. The normalized spacial score (nSPS) is 25.6. The second-order valence-corrected chi connectivity index (χ2v) is 7.00. The first-order valence-electron chi connectivity index (χ1n) is 9.06. The van der Waals surface area contributed by atoms with Gasteiger partial charge in [-0.1, -0.05) is 11.2 Å². The van der Waals surface area contributed by atoms with E-state index in [1.165, 1.54) is 6.20 Å². The molecule has 2 aromatic heterocycles. The lowest BCUT2D eigenvalue weighted by Gasteiger charge is -2.43. The van der Waals surface area contributed by atoms with Crippen LogP contribution in [0.4, 0.5) is 0 Å². The van der Waals surface area contributed by atoms with Crippen molar-refractivity contribution in [3.63, 3.8) is 0 Å². The lowest BCUT2D eigenvalue weighted by Crippen LogP contribution is -2.56. The summed E-state index contributed by atoms with van der Waals surface area (Å²) in [7, 11) is 0. The fourth-order valence-electron chi connectivity index (χ4n) is 4.02. The molecule has 4 rings (SSSR count). The summed E-state index contributed by atoms with van der Waals surface area (Å²) >= 11 is 0. The average Bonchev–Trinajstić information content (AvgIpc) is 3.26. The lowest BCUT2D eigenvalue weighted by atomic mass is 9.89. The minimum Gasteiger partial charge on any atom is -0.477 e. The molecule has 0 N–H and O–H groups in total. The van der Waals surface area contributed by atoms with Crippen LogP contribution in [-0.4, -0.2) is 52.9 Å². The first-order valence-corrected chi connectivity index (χ1v) is 9.06. The number of pyridine rings is 1. The zero-order valence-electron chi connectivity index (χ0n) is 14.9. The molecule has 1 spiro atoms. The van der Waals surface area contributed by atoms with Crippen LogP contribution in [0.25, 0.3) is 0 Å². The van der Waals surface area contributed by atoms with Crippen LogP contribution in [-0.2, 0) is 4.74 Å². The number of carbonyl (C=O) groups is 1. The van der Waals surface area contributed by atoms with Crippen molar-refractivity contribution in [2.75, 3.05) is 26.3 Å². The van der Waals surface area contributed by atoms with Crippen LogP contribution >= 0.6 is 0 Å². The molecule has 1 amide bonds. The van der Waals surface area contributed by atoms with Gasteiger partial charge in [-0.05, 0) is 32.3 Å². The van der Waals surface area contributed by atoms with Gasteiger partial charge in [-0.3, -0.25) is 4.79 Å². The Bertz CT molecular complexity index is 763. The predicted octanol–water partition coefficient (Wildman–Crippen LogP) is 2.47. The van der Waals surface area contributed by atoms with Gasteiger partial charge in [0.2, 0.25) is 5.88 Å². The summed E-state index contributed by atoms with van der Waals surface area (Å²) < 4.78 is 17.2. The van der Waals surface area contributed by atoms with Gasteiger partial charge in [0, 0.05) is 24.7 Å². The van der Waals surface area contributed by atoms with Crippen LogP contribution < -0.4 is 4.74 Å². The molecule has 138 valence electrons. The molecule has 1 aliphatic heterocycles. The molecule has 2 atom stereocenters. The van der Waals surface area contributed by atoms with Crippen molar-refractivity contribution >= 4 is 5.91 Å². The first kappa shape index (κ1) is 17.0. The van der Waals surface area contributed by atoms with Crippen molar-refractivity contribution in [3.05, 3.63) is 41.9 Å². The van der Waals surface area contributed by atoms with Crippen LogP contribution in [0.1, 0.15) is 35.4 Å². The Balaban J connectivity index is 1.46. The fourth-order valence-corrected chi connectivity index (χ4v) is 4.02. The summed E-state index contributed by atoms with van der Waals surface area (Å²) in [5.74, 6) is 1.38. The molecule has 3 heterocycles. The van der Waals surface area contributed by atoms with E-state index < -0.39 is 0 Å². The quantitative estimate of drug-likeness (QED) is 0.836. The van der Waals surface area contributed by atoms with Crippen LogP contribution in [0, 0.1) is 12.8 Å². The molecule has 1 saturated carbocycles. The number of aryl methyl sites for hydroxylation is 1. The zero-order valence-corrected chi connectivity index (χ0v) is 14.9. The highest BCUT2D eigenvalue weighted by molar-refractivity contribution is 5.94. The van der Waals surface area contributed by atoms with E-state index in [4.69, 9.17) is 14.0 Å². The second-order valence-electron chi connectivity index (χ2n) is 7.00. The third-order valence-corrected chi connectivity index (χ3v) is 5.44. The zero-order chi connectivity index (χ0) is 18.0. The summed E-state index contributed by atoms with van der Waals surface area (Å²) in [6.07, 6.45) is 6.26. The molecule has 0 unspecified atom stereocenters. The molecule has 7 heteroatoms. The number of hydrogen-bond donors (Lipinski definition) is 0. The Hall–Kier alpha value is -2.41. The fraction of sp³-hybridized carbons (Fsp3) is 0.526. The molecule has 0 aromatic carbocycles. The number of hydrogen-bond acceptors (Lipinski definition) is 6. The number of rotatable bonds is 4. The molecule has 1 saturated heterocycles. The Morgan fingerprint density at radius 2 is 2.38 bits per heavy atom. The van der Waals surface area contributed by atoms with E-state index in [0.29, 0.717) is 43.5 Å². The third-order valence-electron chi connectivity index (χ3n) is 5.44. The number of amides is 1. The molecule has 0 radical (unpaired) electrons. The number of ether oxygens (including phenoxy) is 2. The van der Waals surface area contributed by atoms with Gasteiger partial charge in [-0.25, -0.2) is 4.98 Å². The standard InChI is InChI=1S/C19H23N3O4/c1-14-16(11-21-26-14)18(23)22-9-10-25-19(13-22)7-4-5-15(19)12-24-17-6-2-3-8-20-17/h2-3,6,8,11,15H,4-5,7,9-10,12-13H2,1H3/t15-,19+/m0/s1. The van der Waals surface area contributed by atoms with E-state index in [2.05, 4.69) is 10.1 Å². The summed E-state index contributed by atoms with van der Waals surface area (Å²) in [5, 5.41) is 3.72.